The molecule has 5 nitrogen and oxygen atoms in total. The Hall–Kier alpha value is -1.01. The molecule has 0 unspecified atom stereocenters. The Labute approximate surface area is 105 Å². The molecular weight excluding hydrogens is 236 g/mol. The Morgan fingerprint density at radius 3 is 2.88 bits per heavy atom. The Morgan fingerprint density at radius 2 is 2.29 bits per heavy atom. The van der Waals surface area contributed by atoms with E-state index in [1.807, 2.05) is 20.8 Å². The normalized spacial score (nSPS) is 20.5. The van der Waals surface area contributed by atoms with Crippen LogP contribution in [0.25, 0.3) is 0 Å². The maximum atomic E-state index is 12.1. The van der Waals surface area contributed by atoms with E-state index in [1.165, 1.54) is 11.5 Å². The van der Waals surface area contributed by atoms with Gasteiger partial charge in [-0.25, -0.2) is 0 Å². The molecule has 0 aromatic carbocycles. The zero-order chi connectivity index (χ0) is 12.5. The molecule has 1 aromatic rings. The van der Waals surface area contributed by atoms with E-state index in [4.69, 9.17) is 0 Å². The fourth-order valence-corrected chi connectivity index (χ4v) is 2.64. The number of nitrogens with zero attached hydrogens (tertiary/aromatic N) is 2. The van der Waals surface area contributed by atoms with Crippen LogP contribution in [0, 0.1) is 0 Å². The summed E-state index contributed by atoms with van der Waals surface area (Å²) in [6.07, 6.45) is 0.989. The van der Waals surface area contributed by atoms with Crippen molar-refractivity contribution in [3.63, 3.8) is 0 Å². The van der Waals surface area contributed by atoms with Gasteiger partial charge in [-0.15, -0.1) is 5.10 Å². The van der Waals surface area contributed by atoms with Crippen LogP contribution in [0.1, 0.15) is 42.6 Å². The van der Waals surface area contributed by atoms with Gasteiger partial charge in [0, 0.05) is 18.0 Å². The van der Waals surface area contributed by atoms with E-state index in [0.29, 0.717) is 4.88 Å². The third kappa shape index (κ3) is 2.81. The highest BCUT2D eigenvalue weighted by Crippen LogP contribution is 2.25. The number of hydrogen-bond donors (Lipinski definition) is 2. The van der Waals surface area contributed by atoms with Gasteiger partial charge in [-0.05, 0) is 24.5 Å². The van der Waals surface area contributed by atoms with Gasteiger partial charge in [0.1, 0.15) is 4.88 Å². The standard InChI is InChI=1S/C11H18N4OS/c1-11(2,3)9-8(17-15-14-9)10(16)13-7-4-5-12-6-7/h7,12H,4-6H2,1-3H3,(H,13,16)/t7-/m0/s1. The molecular formula is C11H18N4OS. The SMILES string of the molecule is CC(C)(C)c1nnsc1C(=O)N[C@H]1CCNC1. The van der Waals surface area contributed by atoms with Gasteiger partial charge < -0.3 is 10.6 Å². The lowest BCUT2D eigenvalue weighted by atomic mass is 9.91. The Morgan fingerprint density at radius 1 is 1.53 bits per heavy atom. The molecule has 6 heteroatoms. The predicted molar refractivity (Wildman–Crippen MR) is 67.3 cm³/mol. The average molecular weight is 254 g/mol. The van der Waals surface area contributed by atoms with Crippen LogP contribution in [-0.2, 0) is 5.41 Å². The third-order valence-corrected chi connectivity index (χ3v) is 3.52. The van der Waals surface area contributed by atoms with Crippen LogP contribution >= 0.6 is 11.5 Å². The number of rotatable bonds is 2. The van der Waals surface area contributed by atoms with E-state index in [0.717, 1.165) is 25.2 Å². The minimum atomic E-state index is -0.145. The quantitative estimate of drug-likeness (QED) is 0.824. The molecule has 94 valence electrons. The van der Waals surface area contributed by atoms with Crippen LogP contribution < -0.4 is 10.6 Å². The molecule has 0 aliphatic carbocycles. The Bertz CT molecular complexity index is 404. The summed E-state index contributed by atoms with van der Waals surface area (Å²) in [4.78, 5) is 12.8. The number of carbonyl (C=O) groups is 1. The summed E-state index contributed by atoms with van der Waals surface area (Å²) in [6.45, 7) is 7.94. The number of nitrogens with one attached hydrogen (secondary N) is 2. The van der Waals surface area contributed by atoms with Gasteiger partial charge in [0.25, 0.3) is 5.91 Å². The molecule has 1 aromatic heterocycles. The highest BCUT2D eigenvalue weighted by atomic mass is 32.1. The first-order valence-electron chi connectivity index (χ1n) is 5.83. The van der Waals surface area contributed by atoms with Crippen molar-refractivity contribution in [2.75, 3.05) is 13.1 Å². The lowest BCUT2D eigenvalue weighted by molar-refractivity contribution is 0.0942. The first-order chi connectivity index (χ1) is 7.98. The van der Waals surface area contributed by atoms with Gasteiger partial charge >= 0.3 is 0 Å². The lowest BCUT2D eigenvalue weighted by Crippen LogP contribution is -2.36. The smallest absolute Gasteiger partial charge is 0.265 e. The zero-order valence-electron chi connectivity index (χ0n) is 10.4. The van der Waals surface area contributed by atoms with Gasteiger partial charge in [0.05, 0.1) is 5.69 Å². The van der Waals surface area contributed by atoms with Crippen molar-refractivity contribution in [2.45, 2.75) is 38.6 Å². The van der Waals surface area contributed by atoms with Crippen molar-refractivity contribution >= 4 is 17.4 Å². The molecule has 17 heavy (non-hydrogen) atoms. The minimum Gasteiger partial charge on any atom is -0.347 e. The van der Waals surface area contributed by atoms with Gasteiger partial charge in [-0.1, -0.05) is 25.3 Å². The number of aromatic nitrogens is 2. The van der Waals surface area contributed by atoms with E-state index in [-0.39, 0.29) is 17.4 Å². The second kappa shape index (κ2) is 4.70. The largest absolute Gasteiger partial charge is 0.347 e. The highest BCUT2D eigenvalue weighted by molar-refractivity contribution is 7.08. The molecule has 1 fully saturated rings. The lowest BCUT2D eigenvalue weighted by Gasteiger charge is -2.17. The van der Waals surface area contributed by atoms with E-state index in [2.05, 4.69) is 20.2 Å². The Kier molecular flexibility index (Phi) is 3.44. The molecule has 1 aliphatic rings. The van der Waals surface area contributed by atoms with Crippen molar-refractivity contribution in [1.29, 1.82) is 0 Å². The minimum absolute atomic E-state index is 0.0429. The first kappa shape index (κ1) is 12.4. The van der Waals surface area contributed by atoms with Gasteiger partial charge in [-0.2, -0.15) is 0 Å². The Balaban J connectivity index is 2.11. The van der Waals surface area contributed by atoms with E-state index < -0.39 is 0 Å². The number of hydrogen-bond acceptors (Lipinski definition) is 5. The van der Waals surface area contributed by atoms with Gasteiger partial charge in [0.15, 0.2) is 0 Å². The molecule has 0 radical (unpaired) electrons. The van der Waals surface area contributed by atoms with Gasteiger partial charge in [0.2, 0.25) is 0 Å². The van der Waals surface area contributed by atoms with Crippen molar-refractivity contribution in [3.8, 4) is 0 Å². The van der Waals surface area contributed by atoms with E-state index in [1.54, 1.807) is 0 Å². The molecule has 0 saturated carbocycles. The summed E-state index contributed by atoms with van der Waals surface area (Å²) in [7, 11) is 0. The maximum Gasteiger partial charge on any atom is 0.265 e. The van der Waals surface area contributed by atoms with Crippen LogP contribution in [0.3, 0.4) is 0 Å². The summed E-state index contributed by atoms with van der Waals surface area (Å²) in [5.41, 5.74) is 0.638. The third-order valence-electron chi connectivity index (χ3n) is 2.80. The molecule has 2 rings (SSSR count). The highest BCUT2D eigenvalue weighted by Gasteiger charge is 2.27. The number of carbonyl (C=O) groups excluding carboxylic acids is 1. The molecule has 1 aliphatic heterocycles. The van der Waals surface area contributed by atoms with Crippen molar-refractivity contribution in [1.82, 2.24) is 20.2 Å². The van der Waals surface area contributed by atoms with Crippen LogP contribution in [0.15, 0.2) is 0 Å². The second-order valence-electron chi connectivity index (χ2n) is 5.36. The fourth-order valence-electron chi connectivity index (χ4n) is 1.86. The van der Waals surface area contributed by atoms with Crippen molar-refractivity contribution in [2.24, 2.45) is 0 Å². The molecule has 1 amide bonds. The first-order valence-corrected chi connectivity index (χ1v) is 6.60. The summed E-state index contributed by atoms with van der Waals surface area (Å²) >= 11 is 1.17. The number of amides is 1. The van der Waals surface area contributed by atoms with E-state index in [9.17, 15) is 4.79 Å². The topological polar surface area (TPSA) is 66.9 Å². The maximum absolute atomic E-state index is 12.1. The van der Waals surface area contributed by atoms with Crippen molar-refractivity contribution < 1.29 is 4.79 Å². The predicted octanol–water partition coefficient (Wildman–Crippen LogP) is 0.927. The van der Waals surface area contributed by atoms with Gasteiger partial charge in [-0.3, -0.25) is 4.79 Å². The fraction of sp³-hybridized carbons (Fsp3) is 0.727. The molecule has 1 atom stereocenters. The molecule has 2 N–H and O–H groups in total. The average Bonchev–Trinajstić information content (AvgIpc) is 2.85. The zero-order valence-corrected chi connectivity index (χ0v) is 11.2. The molecule has 1 saturated heterocycles. The van der Waals surface area contributed by atoms with Crippen LogP contribution in [0.4, 0.5) is 0 Å². The van der Waals surface area contributed by atoms with Crippen molar-refractivity contribution in [3.05, 3.63) is 10.6 Å². The monoisotopic (exact) mass is 254 g/mol. The van der Waals surface area contributed by atoms with Crippen LogP contribution in [-0.4, -0.2) is 34.6 Å². The summed E-state index contributed by atoms with van der Waals surface area (Å²) in [6, 6.07) is 0.234. The second-order valence-corrected chi connectivity index (χ2v) is 6.12. The van der Waals surface area contributed by atoms with Crippen LogP contribution in [0.2, 0.25) is 0 Å². The molecule has 2 heterocycles. The molecule has 0 bridgehead atoms. The van der Waals surface area contributed by atoms with E-state index >= 15 is 0 Å². The summed E-state index contributed by atoms with van der Waals surface area (Å²) in [5, 5.41) is 10.3. The summed E-state index contributed by atoms with van der Waals surface area (Å²) < 4.78 is 3.90. The molecule has 0 spiro atoms. The van der Waals surface area contributed by atoms with Crippen LogP contribution in [0.5, 0.6) is 0 Å². The summed E-state index contributed by atoms with van der Waals surface area (Å²) in [5.74, 6) is -0.0429.